The normalized spacial score (nSPS) is 14.4. The molecule has 0 unspecified atom stereocenters. The Hall–Kier alpha value is -1.38. The van der Waals surface area contributed by atoms with Gasteiger partial charge in [-0.05, 0) is 43.7 Å². The number of hydrogen-bond acceptors (Lipinski definition) is 2. The van der Waals surface area contributed by atoms with Crippen LogP contribution < -0.4 is 5.56 Å². The van der Waals surface area contributed by atoms with Gasteiger partial charge in [-0.25, -0.2) is 0 Å². The molecule has 3 nitrogen and oxygen atoms in total. The second-order valence-electron chi connectivity index (χ2n) is 4.71. The molecular weight excluding hydrogens is 214 g/mol. The molecule has 1 aromatic heterocycles. The maximum atomic E-state index is 12.1. The molecular formula is C14H19NO2. The largest absolute Gasteiger partial charge is 0.312 e. The van der Waals surface area contributed by atoms with Gasteiger partial charge in [0, 0.05) is 12.2 Å². The highest BCUT2D eigenvalue weighted by Gasteiger charge is 2.16. The molecule has 92 valence electrons. The van der Waals surface area contributed by atoms with Crippen LogP contribution in [0.15, 0.2) is 10.9 Å². The molecule has 1 heterocycles. The fraction of sp³-hybridized carbons (Fsp3) is 0.571. The van der Waals surface area contributed by atoms with E-state index in [9.17, 15) is 9.59 Å². The first-order valence-corrected chi connectivity index (χ1v) is 6.48. The van der Waals surface area contributed by atoms with Gasteiger partial charge >= 0.3 is 0 Å². The molecule has 0 radical (unpaired) electrons. The van der Waals surface area contributed by atoms with Crippen molar-refractivity contribution in [1.82, 2.24) is 4.57 Å². The van der Waals surface area contributed by atoms with E-state index in [1.54, 1.807) is 6.07 Å². The van der Waals surface area contributed by atoms with Crippen LogP contribution in [0.5, 0.6) is 0 Å². The van der Waals surface area contributed by atoms with Crippen LogP contribution in [-0.2, 0) is 19.4 Å². The molecule has 0 saturated carbocycles. The minimum absolute atomic E-state index is 0.103. The number of carbonyl (C=O) groups excluding carboxylic acids is 1. The van der Waals surface area contributed by atoms with Gasteiger partial charge in [-0.3, -0.25) is 9.59 Å². The third-order valence-corrected chi connectivity index (χ3v) is 3.49. The van der Waals surface area contributed by atoms with E-state index in [1.807, 2.05) is 4.57 Å². The predicted molar refractivity (Wildman–Crippen MR) is 67.6 cm³/mol. The summed E-state index contributed by atoms with van der Waals surface area (Å²) in [6.45, 7) is 2.86. The smallest absolute Gasteiger partial charge is 0.261 e. The summed E-state index contributed by atoms with van der Waals surface area (Å²) in [4.78, 5) is 23.0. The molecule has 1 aliphatic carbocycles. The van der Waals surface area contributed by atoms with Crippen LogP contribution in [0, 0.1) is 0 Å². The second kappa shape index (κ2) is 5.30. The number of carbonyl (C=O) groups is 1. The van der Waals surface area contributed by atoms with Crippen molar-refractivity contribution in [2.75, 3.05) is 0 Å². The van der Waals surface area contributed by atoms with Crippen LogP contribution in [0.2, 0.25) is 0 Å². The number of aldehydes is 1. The first kappa shape index (κ1) is 12.1. The van der Waals surface area contributed by atoms with Crippen molar-refractivity contribution in [2.24, 2.45) is 0 Å². The lowest BCUT2D eigenvalue weighted by Crippen LogP contribution is -2.29. The molecule has 0 aromatic carbocycles. The van der Waals surface area contributed by atoms with Crippen molar-refractivity contribution < 1.29 is 4.79 Å². The van der Waals surface area contributed by atoms with E-state index in [1.165, 1.54) is 11.3 Å². The van der Waals surface area contributed by atoms with Gasteiger partial charge < -0.3 is 4.57 Å². The van der Waals surface area contributed by atoms with Crippen LogP contribution in [0.25, 0.3) is 0 Å². The lowest BCUT2D eigenvalue weighted by Gasteiger charge is -2.21. The molecule has 0 spiro atoms. The zero-order chi connectivity index (χ0) is 12.3. The zero-order valence-electron chi connectivity index (χ0n) is 10.4. The van der Waals surface area contributed by atoms with Gasteiger partial charge in [-0.2, -0.15) is 0 Å². The molecule has 1 aliphatic rings. The number of pyridine rings is 1. The summed E-state index contributed by atoms with van der Waals surface area (Å²) in [6, 6.07) is 1.80. The summed E-state index contributed by atoms with van der Waals surface area (Å²) >= 11 is 0. The third-order valence-electron chi connectivity index (χ3n) is 3.49. The number of hydrogen-bond donors (Lipinski definition) is 0. The van der Waals surface area contributed by atoms with E-state index < -0.39 is 0 Å². The van der Waals surface area contributed by atoms with Crippen molar-refractivity contribution >= 4 is 6.29 Å². The van der Waals surface area contributed by atoms with Gasteiger partial charge in [-0.15, -0.1) is 0 Å². The molecule has 0 saturated heterocycles. The summed E-state index contributed by atoms with van der Waals surface area (Å²) in [5, 5.41) is 0. The average molecular weight is 233 g/mol. The summed E-state index contributed by atoms with van der Waals surface area (Å²) in [5.74, 6) is 0. The highest BCUT2D eigenvalue weighted by Crippen LogP contribution is 2.20. The number of aryl methyl sites for hydroxylation is 1. The fourth-order valence-electron chi connectivity index (χ4n) is 2.54. The van der Waals surface area contributed by atoms with Crippen LogP contribution in [0.1, 0.15) is 54.2 Å². The molecule has 0 bridgehead atoms. The van der Waals surface area contributed by atoms with E-state index in [0.29, 0.717) is 11.8 Å². The molecule has 0 amide bonds. The monoisotopic (exact) mass is 233 g/mol. The van der Waals surface area contributed by atoms with Gasteiger partial charge in [0.1, 0.15) is 0 Å². The van der Waals surface area contributed by atoms with E-state index in [0.717, 1.165) is 45.1 Å². The summed E-state index contributed by atoms with van der Waals surface area (Å²) in [7, 11) is 0. The molecule has 0 atom stereocenters. The highest BCUT2D eigenvalue weighted by atomic mass is 16.1. The van der Waals surface area contributed by atoms with Crippen LogP contribution in [0.4, 0.5) is 0 Å². The standard InChI is InChI=1S/C14H19NO2/c1-2-3-8-15-13-7-5-4-6-11(13)9-12(10-16)14(15)17/h9-10H,2-8H2,1H3. The third kappa shape index (κ3) is 2.33. The Morgan fingerprint density at radius 1 is 1.35 bits per heavy atom. The van der Waals surface area contributed by atoms with Crippen LogP contribution in [-0.4, -0.2) is 10.9 Å². The van der Waals surface area contributed by atoms with E-state index >= 15 is 0 Å². The quantitative estimate of drug-likeness (QED) is 0.749. The molecule has 1 aromatic rings. The first-order valence-electron chi connectivity index (χ1n) is 6.48. The van der Waals surface area contributed by atoms with E-state index in [2.05, 4.69) is 6.92 Å². The minimum Gasteiger partial charge on any atom is -0.312 e. The van der Waals surface area contributed by atoms with Crippen LogP contribution >= 0.6 is 0 Å². The van der Waals surface area contributed by atoms with Crippen molar-refractivity contribution in [1.29, 1.82) is 0 Å². The molecule has 17 heavy (non-hydrogen) atoms. The fourth-order valence-corrected chi connectivity index (χ4v) is 2.54. The van der Waals surface area contributed by atoms with Crippen molar-refractivity contribution in [3.63, 3.8) is 0 Å². The zero-order valence-corrected chi connectivity index (χ0v) is 10.4. The van der Waals surface area contributed by atoms with Gasteiger partial charge in [0.2, 0.25) is 0 Å². The van der Waals surface area contributed by atoms with Gasteiger partial charge in [-0.1, -0.05) is 13.3 Å². The van der Waals surface area contributed by atoms with Crippen molar-refractivity contribution in [3.8, 4) is 0 Å². The molecule has 0 N–H and O–H groups in total. The summed E-state index contributed by atoms with van der Waals surface area (Å²) in [6.07, 6.45) is 7.05. The Kier molecular flexibility index (Phi) is 3.77. The highest BCUT2D eigenvalue weighted by molar-refractivity contribution is 5.74. The Bertz CT molecular complexity index is 474. The SMILES string of the molecule is CCCCn1c2c(cc(C=O)c1=O)CCCC2. The number of fused-ring (bicyclic) bond motifs is 1. The summed E-state index contributed by atoms with van der Waals surface area (Å²) in [5.41, 5.74) is 2.59. The van der Waals surface area contributed by atoms with Gasteiger partial charge in [0.15, 0.2) is 6.29 Å². The molecule has 0 aliphatic heterocycles. The number of nitrogens with zero attached hydrogens (tertiary/aromatic N) is 1. The van der Waals surface area contributed by atoms with Gasteiger partial charge in [0.25, 0.3) is 5.56 Å². The second-order valence-corrected chi connectivity index (χ2v) is 4.71. The molecule has 3 heteroatoms. The Labute approximate surface area is 101 Å². The first-order chi connectivity index (χ1) is 8.27. The van der Waals surface area contributed by atoms with Crippen molar-refractivity contribution in [3.05, 3.63) is 33.2 Å². The maximum absolute atomic E-state index is 12.1. The van der Waals surface area contributed by atoms with Crippen LogP contribution in [0.3, 0.4) is 0 Å². The lowest BCUT2D eigenvalue weighted by atomic mass is 9.94. The van der Waals surface area contributed by atoms with Crippen molar-refractivity contribution in [2.45, 2.75) is 52.0 Å². The number of unbranched alkanes of at least 4 members (excludes halogenated alkanes) is 1. The van der Waals surface area contributed by atoms with E-state index in [-0.39, 0.29) is 5.56 Å². The summed E-state index contributed by atoms with van der Waals surface area (Å²) < 4.78 is 1.84. The maximum Gasteiger partial charge on any atom is 0.261 e. The average Bonchev–Trinajstić information content (AvgIpc) is 2.37. The Balaban J connectivity index is 2.51. The number of aromatic nitrogens is 1. The lowest BCUT2D eigenvalue weighted by molar-refractivity contribution is 0.112. The van der Waals surface area contributed by atoms with E-state index in [4.69, 9.17) is 0 Å². The number of rotatable bonds is 4. The predicted octanol–water partition coefficient (Wildman–Crippen LogP) is 2.34. The van der Waals surface area contributed by atoms with Gasteiger partial charge in [0.05, 0.1) is 5.56 Å². The Morgan fingerprint density at radius 3 is 2.82 bits per heavy atom. The Morgan fingerprint density at radius 2 is 2.12 bits per heavy atom. The molecule has 0 fully saturated rings. The topological polar surface area (TPSA) is 39.1 Å². The minimum atomic E-state index is -0.103. The molecule has 2 rings (SSSR count).